The van der Waals surface area contributed by atoms with Crippen molar-refractivity contribution in [1.82, 2.24) is 9.78 Å². The van der Waals surface area contributed by atoms with Crippen molar-refractivity contribution in [2.24, 2.45) is 0 Å². The number of carbonyl (C=O) groups excluding carboxylic acids is 2. The van der Waals surface area contributed by atoms with E-state index < -0.39 is 5.97 Å². The molecule has 0 amide bonds. The second-order valence-corrected chi connectivity index (χ2v) is 5.99. The molecule has 0 saturated heterocycles. The van der Waals surface area contributed by atoms with Crippen molar-refractivity contribution in [3.63, 3.8) is 0 Å². The van der Waals surface area contributed by atoms with Gasteiger partial charge in [0.2, 0.25) is 0 Å². The van der Waals surface area contributed by atoms with Crippen LogP contribution in [0.5, 0.6) is 11.5 Å². The summed E-state index contributed by atoms with van der Waals surface area (Å²) in [5, 5.41) is 4.16. The molecule has 1 aromatic heterocycles. The van der Waals surface area contributed by atoms with E-state index in [0.717, 1.165) is 22.6 Å². The number of aromatic nitrogens is 2. The van der Waals surface area contributed by atoms with Crippen molar-refractivity contribution in [1.29, 1.82) is 0 Å². The number of methoxy groups -OCH3 is 2. The van der Waals surface area contributed by atoms with Gasteiger partial charge in [-0.2, -0.15) is 5.10 Å². The van der Waals surface area contributed by atoms with Gasteiger partial charge < -0.3 is 14.2 Å². The van der Waals surface area contributed by atoms with Crippen LogP contribution in [-0.2, 0) is 17.9 Å². The summed E-state index contributed by atoms with van der Waals surface area (Å²) in [5.74, 6) is 0.861. The molecule has 0 atom stereocenters. The maximum absolute atomic E-state index is 12.4. The Bertz CT molecular complexity index is 946. The molecule has 3 aromatic rings. The van der Waals surface area contributed by atoms with E-state index in [2.05, 4.69) is 5.10 Å². The molecule has 3 rings (SSSR count). The fourth-order valence-corrected chi connectivity index (χ4v) is 2.65. The summed E-state index contributed by atoms with van der Waals surface area (Å²) in [6, 6.07) is 14.6. The van der Waals surface area contributed by atoms with Crippen molar-refractivity contribution < 1.29 is 23.8 Å². The lowest BCUT2D eigenvalue weighted by Crippen LogP contribution is -2.11. The van der Waals surface area contributed by atoms with Crippen LogP contribution in [0.3, 0.4) is 0 Å². The van der Waals surface area contributed by atoms with Gasteiger partial charge in [0, 0.05) is 0 Å². The molecule has 0 aliphatic rings. The van der Waals surface area contributed by atoms with Gasteiger partial charge in [-0.1, -0.05) is 24.3 Å². The van der Waals surface area contributed by atoms with Gasteiger partial charge in [0.1, 0.15) is 29.4 Å². The molecular formula is C21H20N2O5. The van der Waals surface area contributed by atoms with Gasteiger partial charge in [0.25, 0.3) is 0 Å². The van der Waals surface area contributed by atoms with E-state index >= 15 is 0 Å². The van der Waals surface area contributed by atoms with Gasteiger partial charge in [0.05, 0.1) is 27.0 Å². The Hall–Kier alpha value is -3.61. The molecule has 7 heteroatoms. The third kappa shape index (κ3) is 4.37. The molecule has 0 aliphatic carbocycles. The quantitative estimate of drug-likeness (QED) is 0.441. The Morgan fingerprint density at radius 1 is 0.964 bits per heavy atom. The number of esters is 1. The fourth-order valence-electron chi connectivity index (χ4n) is 2.65. The third-order valence-electron chi connectivity index (χ3n) is 4.23. The van der Waals surface area contributed by atoms with Crippen LogP contribution in [0.2, 0.25) is 0 Å². The largest absolute Gasteiger partial charge is 0.497 e. The molecule has 0 unspecified atom stereocenters. The predicted molar refractivity (Wildman–Crippen MR) is 102 cm³/mol. The molecule has 0 N–H and O–H groups in total. The van der Waals surface area contributed by atoms with Gasteiger partial charge in [-0.05, 0) is 35.4 Å². The van der Waals surface area contributed by atoms with E-state index in [1.165, 1.54) is 10.9 Å². The predicted octanol–water partition coefficient (Wildman–Crippen LogP) is 3.12. The maximum Gasteiger partial charge on any atom is 0.342 e. The van der Waals surface area contributed by atoms with Crippen molar-refractivity contribution >= 4 is 12.3 Å². The van der Waals surface area contributed by atoms with Gasteiger partial charge in [-0.15, -0.1) is 0 Å². The number of benzene rings is 2. The molecule has 28 heavy (non-hydrogen) atoms. The molecule has 2 aromatic carbocycles. The summed E-state index contributed by atoms with van der Waals surface area (Å²) < 4.78 is 17.0. The molecule has 1 heterocycles. The monoisotopic (exact) mass is 380 g/mol. The van der Waals surface area contributed by atoms with Gasteiger partial charge in [-0.25, -0.2) is 4.79 Å². The summed E-state index contributed by atoms with van der Waals surface area (Å²) in [7, 11) is 3.18. The number of nitrogens with zero attached hydrogens (tertiary/aromatic N) is 2. The summed E-state index contributed by atoms with van der Waals surface area (Å²) >= 11 is 0. The Morgan fingerprint density at radius 3 is 2.07 bits per heavy atom. The smallest absolute Gasteiger partial charge is 0.342 e. The van der Waals surface area contributed by atoms with Crippen LogP contribution < -0.4 is 9.47 Å². The molecule has 0 aliphatic heterocycles. The topological polar surface area (TPSA) is 79.7 Å². The molecule has 0 radical (unpaired) electrons. The summed E-state index contributed by atoms with van der Waals surface area (Å²) in [6.45, 7) is 0.439. The van der Waals surface area contributed by atoms with Crippen LogP contribution >= 0.6 is 0 Å². The minimum Gasteiger partial charge on any atom is -0.497 e. The average Bonchev–Trinajstić information content (AvgIpc) is 3.15. The second kappa shape index (κ2) is 8.85. The van der Waals surface area contributed by atoms with Crippen LogP contribution in [0.25, 0.3) is 0 Å². The lowest BCUT2D eigenvalue weighted by molar-refractivity contribution is 0.0470. The highest BCUT2D eigenvalue weighted by Gasteiger charge is 2.18. The first-order chi connectivity index (χ1) is 13.6. The highest BCUT2D eigenvalue weighted by atomic mass is 16.5. The SMILES string of the molecule is COc1ccc(COC(=O)c2cnn(Cc3ccc(OC)cc3)c2C=O)cc1. The maximum atomic E-state index is 12.4. The Balaban J connectivity index is 1.69. The molecule has 144 valence electrons. The zero-order chi connectivity index (χ0) is 19.9. The lowest BCUT2D eigenvalue weighted by Gasteiger charge is -2.07. The highest BCUT2D eigenvalue weighted by Crippen LogP contribution is 2.16. The van der Waals surface area contributed by atoms with E-state index in [1.54, 1.807) is 38.5 Å². The summed E-state index contributed by atoms with van der Waals surface area (Å²) in [4.78, 5) is 23.9. The van der Waals surface area contributed by atoms with Crippen LogP contribution in [0, 0.1) is 0 Å². The number of hydrogen-bond acceptors (Lipinski definition) is 6. The minimum atomic E-state index is -0.598. The number of hydrogen-bond donors (Lipinski definition) is 0. The summed E-state index contributed by atoms with van der Waals surface area (Å²) in [6.07, 6.45) is 1.96. The minimum absolute atomic E-state index is 0.0881. The van der Waals surface area contributed by atoms with E-state index in [1.807, 2.05) is 24.3 Å². The first-order valence-corrected chi connectivity index (χ1v) is 8.58. The van der Waals surface area contributed by atoms with Crippen LogP contribution in [0.4, 0.5) is 0 Å². The van der Waals surface area contributed by atoms with Gasteiger partial charge in [0.15, 0.2) is 6.29 Å². The standard InChI is InChI=1S/C21H20N2O5/c1-26-17-7-3-15(4-8-17)12-23-20(13-24)19(11-22-23)21(25)28-14-16-5-9-18(27-2)10-6-16/h3-11,13H,12,14H2,1-2H3. The molecular weight excluding hydrogens is 360 g/mol. The number of aldehydes is 1. The average molecular weight is 380 g/mol. The van der Waals surface area contributed by atoms with Crippen molar-refractivity contribution in [2.75, 3.05) is 14.2 Å². The first-order valence-electron chi connectivity index (χ1n) is 8.58. The zero-order valence-electron chi connectivity index (χ0n) is 15.6. The number of carbonyl (C=O) groups is 2. The first kappa shape index (κ1) is 19.2. The van der Waals surface area contributed by atoms with E-state index in [9.17, 15) is 9.59 Å². The molecule has 7 nitrogen and oxygen atoms in total. The van der Waals surface area contributed by atoms with Crippen molar-refractivity contribution in [3.8, 4) is 11.5 Å². The zero-order valence-corrected chi connectivity index (χ0v) is 15.6. The lowest BCUT2D eigenvalue weighted by atomic mass is 10.2. The summed E-state index contributed by atoms with van der Waals surface area (Å²) in [5.41, 5.74) is 2.05. The van der Waals surface area contributed by atoms with E-state index in [4.69, 9.17) is 14.2 Å². The van der Waals surface area contributed by atoms with Gasteiger partial charge >= 0.3 is 5.97 Å². The van der Waals surface area contributed by atoms with Crippen molar-refractivity contribution in [2.45, 2.75) is 13.2 Å². The van der Waals surface area contributed by atoms with Crippen molar-refractivity contribution in [3.05, 3.63) is 77.1 Å². The van der Waals surface area contributed by atoms with E-state index in [0.29, 0.717) is 12.8 Å². The van der Waals surface area contributed by atoms with Crippen LogP contribution in [0.1, 0.15) is 32.0 Å². The van der Waals surface area contributed by atoms with E-state index in [-0.39, 0.29) is 17.9 Å². The molecule has 0 spiro atoms. The Morgan fingerprint density at radius 2 is 1.54 bits per heavy atom. The van der Waals surface area contributed by atoms with Gasteiger partial charge in [-0.3, -0.25) is 9.48 Å². The highest BCUT2D eigenvalue weighted by molar-refractivity contribution is 5.97. The Labute approximate surface area is 162 Å². The van der Waals surface area contributed by atoms with Crippen LogP contribution in [-0.4, -0.2) is 36.3 Å². The third-order valence-corrected chi connectivity index (χ3v) is 4.23. The molecule has 0 fully saturated rings. The van der Waals surface area contributed by atoms with Crippen LogP contribution in [0.15, 0.2) is 54.7 Å². The fraction of sp³-hybridized carbons (Fsp3) is 0.190. The number of rotatable bonds is 8. The molecule has 0 saturated carbocycles. The number of ether oxygens (including phenoxy) is 3. The molecule has 0 bridgehead atoms. The Kier molecular flexibility index (Phi) is 6.06. The normalized spacial score (nSPS) is 10.4. The second-order valence-electron chi connectivity index (χ2n) is 5.99.